The van der Waals surface area contributed by atoms with Crippen molar-refractivity contribution in [3.63, 3.8) is 0 Å². The van der Waals surface area contributed by atoms with Crippen molar-refractivity contribution in [3.05, 3.63) is 46.8 Å². The van der Waals surface area contributed by atoms with Gasteiger partial charge in [0.1, 0.15) is 5.75 Å². The van der Waals surface area contributed by atoms with Crippen molar-refractivity contribution in [1.82, 2.24) is 14.4 Å². The Morgan fingerprint density at radius 2 is 1.44 bits per heavy atom. The van der Waals surface area contributed by atoms with Crippen LogP contribution >= 0.6 is 0 Å². The topological polar surface area (TPSA) is 58.0 Å². The van der Waals surface area contributed by atoms with Crippen LogP contribution in [-0.2, 0) is 6.54 Å². The van der Waals surface area contributed by atoms with E-state index in [2.05, 4.69) is 33.4 Å². The van der Waals surface area contributed by atoms with Gasteiger partial charge >= 0.3 is 0 Å². The summed E-state index contributed by atoms with van der Waals surface area (Å²) >= 11 is 0. The van der Waals surface area contributed by atoms with Crippen LogP contribution in [0.2, 0.25) is 0 Å². The van der Waals surface area contributed by atoms with Gasteiger partial charge in [0.05, 0.1) is 23.9 Å². The van der Waals surface area contributed by atoms with Crippen LogP contribution in [0.1, 0.15) is 64.7 Å². The maximum Gasteiger partial charge on any atom is 0.263 e. The van der Waals surface area contributed by atoms with E-state index in [4.69, 9.17) is 4.74 Å². The van der Waals surface area contributed by atoms with E-state index >= 15 is 0 Å². The van der Waals surface area contributed by atoms with Crippen LogP contribution in [0.5, 0.6) is 5.75 Å². The number of imide groups is 1. The fourth-order valence-electron chi connectivity index (χ4n) is 5.33. The Balaban J connectivity index is 1.25. The number of benzene rings is 1. The minimum Gasteiger partial charge on any atom is -0.495 e. The number of nitrogens with zero attached hydrogens (tertiary/aromatic N) is 4. The van der Waals surface area contributed by atoms with Crippen LogP contribution in [-0.4, -0.2) is 72.6 Å². The molecule has 4 rings (SSSR count). The number of piperazine rings is 1. The lowest BCUT2D eigenvalue weighted by molar-refractivity contribution is 0.0648. The Labute approximate surface area is 203 Å². The van der Waals surface area contributed by atoms with E-state index in [0.717, 1.165) is 87.8 Å². The summed E-state index contributed by atoms with van der Waals surface area (Å²) in [6.45, 7) is 12.4. The first kappa shape index (κ1) is 24.3. The van der Waals surface area contributed by atoms with Gasteiger partial charge in [-0.05, 0) is 51.8 Å². The summed E-state index contributed by atoms with van der Waals surface area (Å²) in [5, 5.41) is 0. The van der Waals surface area contributed by atoms with E-state index in [1.165, 1.54) is 4.90 Å². The highest BCUT2D eigenvalue weighted by Gasteiger charge is 2.40. The molecule has 2 aliphatic heterocycles. The van der Waals surface area contributed by atoms with Gasteiger partial charge in [0.15, 0.2) is 0 Å². The van der Waals surface area contributed by atoms with Crippen LogP contribution in [0.4, 0.5) is 5.69 Å². The Bertz CT molecular complexity index is 997. The maximum atomic E-state index is 13.1. The van der Waals surface area contributed by atoms with Crippen molar-refractivity contribution in [2.24, 2.45) is 0 Å². The molecule has 0 bridgehead atoms. The maximum absolute atomic E-state index is 13.1. The zero-order chi connectivity index (χ0) is 24.2. The van der Waals surface area contributed by atoms with Crippen molar-refractivity contribution in [2.75, 3.05) is 51.3 Å². The molecule has 3 heterocycles. The quantitative estimate of drug-likeness (QED) is 0.390. The van der Waals surface area contributed by atoms with E-state index in [1.54, 1.807) is 7.11 Å². The lowest BCUT2D eigenvalue weighted by Gasteiger charge is -2.36. The average molecular weight is 467 g/mol. The fourth-order valence-corrected chi connectivity index (χ4v) is 5.33. The minimum atomic E-state index is -0.110. The second kappa shape index (κ2) is 10.6. The van der Waals surface area contributed by atoms with E-state index in [-0.39, 0.29) is 11.8 Å². The normalized spacial score (nSPS) is 16.5. The standard InChI is InChI=1S/C27H38N4O3/c1-5-6-14-30-20(2)24-25(21(30)3)27(33)31(26(24)32)15-10-9-13-28-16-18-29(19-17-28)22-11-7-8-12-23(22)34-4/h7-8,11-12H,5-6,9-10,13-19H2,1-4H3. The first-order chi connectivity index (χ1) is 16.5. The van der Waals surface area contributed by atoms with Crippen molar-refractivity contribution >= 4 is 17.5 Å². The zero-order valence-electron chi connectivity index (χ0n) is 21.1. The Kier molecular flexibility index (Phi) is 7.61. The van der Waals surface area contributed by atoms with Gasteiger partial charge in [-0.1, -0.05) is 25.5 Å². The summed E-state index contributed by atoms with van der Waals surface area (Å²) in [4.78, 5) is 32.4. The fraction of sp³-hybridized carbons (Fsp3) is 0.556. The summed E-state index contributed by atoms with van der Waals surface area (Å²) in [6.07, 6.45) is 3.95. The Morgan fingerprint density at radius 3 is 2.06 bits per heavy atom. The first-order valence-electron chi connectivity index (χ1n) is 12.6. The molecule has 1 saturated heterocycles. The predicted octanol–water partition coefficient (Wildman–Crippen LogP) is 4.11. The van der Waals surface area contributed by atoms with Gasteiger partial charge < -0.3 is 14.2 Å². The van der Waals surface area contributed by atoms with Crippen molar-refractivity contribution in [2.45, 2.75) is 53.0 Å². The van der Waals surface area contributed by atoms with Crippen LogP contribution in [0, 0.1) is 13.8 Å². The third kappa shape index (κ3) is 4.58. The molecule has 0 unspecified atom stereocenters. The molecule has 0 atom stereocenters. The molecule has 7 heteroatoms. The van der Waals surface area contributed by atoms with Crippen LogP contribution in [0.15, 0.2) is 24.3 Å². The van der Waals surface area contributed by atoms with Crippen molar-refractivity contribution in [1.29, 1.82) is 0 Å². The number of anilines is 1. The number of fused-ring (bicyclic) bond motifs is 1. The molecule has 0 aliphatic carbocycles. The molecule has 0 saturated carbocycles. The molecular formula is C27H38N4O3. The van der Waals surface area contributed by atoms with E-state index in [1.807, 2.05) is 26.0 Å². The SMILES string of the molecule is CCCCn1c(C)c2c(c1C)C(=O)N(CCCCN1CCN(c3ccccc3OC)CC1)C2=O. The molecule has 184 valence electrons. The monoisotopic (exact) mass is 466 g/mol. The number of hydrogen-bond donors (Lipinski definition) is 0. The lowest BCUT2D eigenvalue weighted by atomic mass is 10.1. The number of rotatable bonds is 10. The second-order valence-corrected chi connectivity index (χ2v) is 9.40. The van der Waals surface area contributed by atoms with Gasteiger partial charge in [-0.3, -0.25) is 19.4 Å². The number of unbranched alkanes of at least 4 members (excludes halogenated alkanes) is 2. The van der Waals surface area contributed by atoms with E-state index in [0.29, 0.717) is 17.7 Å². The minimum absolute atomic E-state index is 0.110. The summed E-state index contributed by atoms with van der Waals surface area (Å²) in [7, 11) is 1.72. The molecule has 2 aromatic rings. The Hall–Kier alpha value is -2.80. The molecular weight excluding hydrogens is 428 g/mol. The van der Waals surface area contributed by atoms with Gasteiger partial charge in [0.25, 0.3) is 11.8 Å². The van der Waals surface area contributed by atoms with Gasteiger partial charge in [-0.2, -0.15) is 0 Å². The molecule has 1 aromatic heterocycles. The van der Waals surface area contributed by atoms with Crippen LogP contribution < -0.4 is 9.64 Å². The van der Waals surface area contributed by atoms with Crippen LogP contribution in [0.3, 0.4) is 0 Å². The molecule has 34 heavy (non-hydrogen) atoms. The molecule has 0 spiro atoms. The molecule has 2 amide bonds. The second-order valence-electron chi connectivity index (χ2n) is 9.40. The number of carbonyl (C=O) groups is 2. The largest absolute Gasteiger partial charge is 0.495 e. The molecule has 1 aromatic carbocycles. The number of amides is 2. The van der Waals surface area contributed by atoms with E-state index < -0.39 is 0 Å². The molecule has 0 N–H and O–H groups in total. The summed E-state index contributed by atoms with van der Waals surface area (Å²) in [5.41, 5.74) is 4.30. The summed E-state index contributed by atoms with van der Waals surface area (Å²) in [6, 6.07) is 8.18. The number of para-hydroxylation sites is 2. The van der Waals surface area contributed by atoms with Gasteiger partial charge in [0.2, 0.25) is 0 Å². The number of aromatic nitrogens is 1. The molecule has 1 fully saturated rings. The highest BCUT2D eigenvalue weighted by Crippen LogP contribution is 2.32. The number of ether oxygens (including phenoxy) is 1. The van der Waals surface area contributed by atoms with Gasteiger partial charge in [-0.25, -0.2) is 0 Å². The average Bonchev–Trinajstić information content (AvgIpc) is 3.26. The van der Waals surface area contributed by atoms with Crippen molar-refractivity contribution in [3.8, 4) is 5.75 Å². The van der Waals surface area contributed by atoms with Crippen LogP contribution in [0.25, 0.3) is 0 Å². The van der Waals surface area contributed by atoms with Gasteiger partial charge in [-0.15, -0.1) is 0 Å². The van der Waals surface area contributed by atoms with Crippen molar-refractivity contribution < 1.29 is 14.3 Å². The first-order valence-corrected chi connectivity index (χ1v) is 12.6. The lowest BCUT2D eigenvalue weighted by Crippen LogP contribution is -2.46. The smallest absolute Gasteiger partial charge is 0.263 e. The summed E-state index contributed by atoms with van der Waals surface area (Å²) in [5.74, 6) is 0.701. The third-order valence-corrected chi connectivity index (χ3v) is 7.34. The molecule has 2 aliphatic rings. The third-order valence-electron chi connectivity index (χ3n) is 7.34. The number of hydrogen-bond acceptors (Lipinski definition) is 5. The molecule has 7 nitrogen and oxygen atoms in total. The van der Waals surface area contributed by atoms with E-state index in [9.17, 15) is 9.59 Å². The number of methoxy groups -OCH3 is 1. The predicted molar refractivity (Wildman–Crippen MR) is 135 cm³/mol. The number of carbonyl (C=O) groups excluding carboxylic acids is 2. The molecule has 0 radical (unpaired) electrons. The summed E-state index contributed by atoms with van der Waals surface area (Å²) < 4.78 is 7.66. The highest BCUT2D eigenvalue weighted by atomic mass is 16.5. The highest BCUT2D eigenvalue weighted by molar-refractivity contribution is 6.22. The Morgan fingerprint density at radius 1 is 0.824 bits per heavy atom. The van der Waals surface area contributed by atoms with Gasteiger partial charge in [0, 0.05) is 50.7 Å². The zero-order valence-corrected chi connectivity index (χ0v) is 21.1.